The van der Waals surface area contributed by atoms with Crippen LogP contribution in [-0.2, 0) is 11.3 Å². The molecular formula is C19H21FN2O4. The molecule has 7 heteroatoms. The van der Waals surface area contributed by atoms with Gasteiger partial charge in [-0.15, -0.1) is 0 Å². The predicted molar refractivity (Wildman–Crippen MR) is 93.9 cm³/mol. The second-order valence-electron chi connectivity index (χ2n) is 6.25. The van der Waals surface area contributed by atoms with Crippen molar-refractivity contribution in [1.82, 2.24) is 4.90 Å². The maximum Gasteiger partial charge on any atom is 0.374 e. The molecule has 6 nitrogen and oxygen atoms in total. The molecule has 0 amide bonds. The average Bonchev–Trinajstić information content (AvgIpc) is 3.10. The van der Waals surface area contributed by atoms with Crippen LogP contribution in [0.25, 0.3) is 0 Å². The Kier molecular flexibility index (Phi) is 5.37. The summed E-state index contributed by atoms with van der Waals surface area (Å²) in [7, 11) is 1.32. The molecule has 1 aromatic carbocycles. The summed E-state index contributed by atoms with van der Waals surface area (Å²) in [5.74, 6) is -0.798. The lowest BCUT2D eigenvalue weighted by molar-refractivity contribution is 0.0561. The normalized spacial score (nSPS) is 15.1. The van der Waals surface area contributed by atoms with E-state index in [4.69, 9.17) is 9.15 Å². The van der Waals surface area contributed by atoms with E-state index in [-0.39, 0.29) is 17.4 Å². The van der Waals surface area contributed by atoms with Crippen molar-refractivity contribution in [1.29, 1.82) is 0 Å². The number of anilines is 1. The Balaban J connectivity index is 1.62. The molecule has 0 unspecified atom stereocenters. The van der Waals surface area contributed by atoms with Crippen LogP contribution in [0.2, 0.25) is 0 Å². The number of esters is 1. The van der Waals surface area contributed by atoms with Gasteiger partial charge in [0.05, 0.1) is 19.1 Å². The van der Waals surface area contributed by atoms with Crippen molar-refractivity contribution in [3.8, 4) is 0 Å². The van der Waals surface area contributed by atoms with Crippen molar-refractivity contribution in [2.75, 3.05) is 38.2 Å². The summed E-state index contributed by atoms with van der Waals surface area (Å²) in [4.78, 5) is 27.2. The molecular weight excluding hydrogens is 339 g/mol. The van der Waals surface area contributed by atoms with E-state index in [2.05, 4.69) is 4.90 Å². The van der Waals surface area contributed by atoms with E-state index in [1.807, 2.05) is 4.90 Å². The molecule has 1 aliphatic rings. The lowest BCUT2D eigenvalue weighted by atomic mass is 10.1. The minimum absolute atomic E-state index is 0.151. The number of ether oxygens (including phenoxy) is 1. The van der Waals surface area contributed by atoms with Crippen LogP contribution in [0.4, 0.5) is 10.1 Å². The first-order chi connectivity index (χ1) is 12.5. The minimum Gasteiger partial charge on any atom is -0.463 e. The Hall–Kier alpha value is -2.67. The lowest BCUT2D eigenvalue weighted by Crippen LogP contribution is -2.46. The molecule has 1 aromatic heterocycles. The summed E-state index contributed by atoms with van der Waals surface area (Å²) in [6, 6.07) is 6.37. The third-order valence-corrected chi connectivity index (χ3v) is 4.58. The van der Waals surface area contributed by atoms with Crippen molar-refractivity contribution < 1.29 is 23.1 Å². The van der Waals surface area contributed by atoms with Gasteiger partial charge in [0.25, 0.3) is 0 Å². The standard InChI is InChI=1S/C19H21FN2O4/c1-13(23)14-3-4-17(16(20)11-14)22-8-6-21(7-9-22)12-15-5-10-26-18(15)19(24)25-2/h3-5,10-11H,6-9,12H2,1-2H3. The van der Waals surface area contributed by atoms with E-state index in [0.29, 0.717) is 30.9 Å². The van der Waals surface area contributed by atoms with Gasteiger partial charge >= 0.3 is 5.97 Å². The molecule has 0 atom stereocenters. The largest absolute Gasteiger partial charge is 0.463 e. The van der Waals surface area contributed by atoms with Gasteiger partial charge < -0.3 is 14.1 Å². The van der Waals surface area contributed by atoms with Crippen LogP contribution in [0.15, 0.2) is 34.9 Å². The summed E-state index contributed by atoms with van der Waals surface area (Å²) in [5.41, 5.74) is 1.66. The molecule has 0 bridgehead atoms. The molecule has 2 aromatic rings. The molecule has 2 heterocycles. The number of rotatable bonds is 5. The highest BCUT2D eigenvalue weighted by Gasteiger charge is 2.23. The Morgan fingerprint density at radius 2 is 1.92 bits per heavy atom. The van der Waals surface area contributed by atoms with Gasteiger partial charge in [-0.25, -0.2) is 9.18 Å². The van der Waals surface area contributed by atoms with E-state index < -0.39 is 5.97 Å². The lowest BCUT2D eigenvalue weighted by Gasteiger charge is -2.36. The van der Waals surface area contributed by atoms with Gasteiger partial charge in [-0.05, 0) is 31.2 Å². The number of hydrogen-bond acceptors (Lipinski definition) is 6. The van der Waals surface area contributed by atoms with Crippen LogP contribution >= 0.6 is 0 Å². The fourth-order valence-electron chi connectivity index (χ4n) is 3.10. The first-order valence-corrected chi connectivity index (χ1v) is 8.42. The highest BCUT2D eigenvalue weighted by Crippen LogP contribution is 2.23. The first kappa shape index (κ1) is 18.1. The molecule has 0 N–H and O–H groups in total. The molecule has 26 heavy (non-hydrogen) atoms. The number of hydrogen-bond donors (Lipinski definition) is 0. The number of halogens is 1. The predicted octanol–water partition coefficient (Wildman–Crippen LogP) is 2.73. The topological polar surface area (TPSA) is 63.0 Å². The van der Waals surface area contributed by atoms with Crippen LogP contribution in [-0.4, -0.2) is 49.9 Å². The summed E-state index contributed by atoms with van der Waals surface area (Å²) in [5, 5.41) is 0. The van der Waals surface area contributed by atoms with Gasteiger partial charge in [0.15, 0.2) is 5.78 Å². The van der Waals surface area contributed by atoms with E-state index >= 15 is 0 Å². The van der Waals surface area contributed by atoms with Gasteiger partial charge in [0.1, 0.15) is 5.82 Å². The zero-order chi connectivity index (χ0) is 18.7. The Bertz CT molecular complexity index is 810. The molecule has 1 fully saturated rings. The fraction of sp³-hybridized carbons (Fsp3) is 0.368. The van der Waals surface area contributed by atoms with Crippen LogP contribution < -0.4 is 4.90 Å². The Morgan fingerprint density at radius 1 is 1.19 bits per heavy atom. The molecule has 1 saturated heterocycles. The fourth-order valence-corrected chi connectivity index (χ4v) is 3.10. The molecule has 0 aliphatic carbocycles. The van der Waals surface area contributed by atoms with Gasteiger partial charge in [0.2, 0.25) is 5.76 Å². The highest BCUT2D eigenvalue weighted by molar-refractivity contribution is 5.94. The summed E-state index contributed by atoms with van der Waals surface area (Å²) in [6.07, 6.45) is 1.48. The van der Waals surface area contributed by atoms with Crippen molar-refractivity contribution in [2.24, 2.45) is 0 Å². The monoisotopic (exact) mass is 360 g/mol. The molecule has 1 aliphatic heterocycles. The maximum atomic E-state index is 14.3. The van der Waals surface area contributed by atoms with E-state index in [1.54, 1.807) is 18.2 Å². The number of methoxy groups -OCH3 is 1. The molecule has 3 rings (SSSR count). The molecule has 0 spiro atoms. The molecule has 0 saturated carbocycles. The van der Waals surface area contributed by atoms with Gasteiger partial charge in [-0.1, -0.05) is 0 Å². The third kappa shape index (κ3) is 3.77. The van der Waals surface area contributed by atoms with Crippen LogP contribution in [0.5, 0.6) is 0 Å². The van der Waals surface area contributed by atoms with Crippen molar-refractivity contribution in [3.05, 3.63) is 53.2 Å². The SMILES string of the molecule is COC(=O)c1occc1CN1CCN(c2ccc(C(C)=O)cc2F)CC1. The van der Waals surface area contributed by atoms with Gasteiger partial charge in [-0.3, -0.25) is 9.69 Å². The number of carbonyl (C=O) groups excluding carboxylic acids is 2. The third-order valence-electron chi connectivity index (χ3n) is 4.58. The van der Waals surface area contributed by atoms with E-state index in [9.17, 15) is 14.0 Å². The highest BCUT2D eigenvalue weighted by atomic mass is 19.1. The summed E-state index contributed by atoms with van der Waals surface area (Å²) >= 11 is 0. The van der Waals surface area contributed by atoms with E-state index in [0.717, 1.165) is 18.7 Å². The minimum atomic E-state index is -0.490. The number of benzene rings is 1. The van der Waals surface area contributed by atoms with Crippen molar-refractivity contribution in [2.45, 2.75) is 13.5 Å². The zero-order valence-corrected chi connectivity index (χ0v) is 14.8. The zero-order valence-electron chi connectivity index (χ0n) is 14.8. The smallest absolute Gasteiger partial charge is 0.374 e. The summed E-state index contributed by atoms with van der Waals surface area (Å²) < 4.78 is 24.2. The second-order valence-corrected chi connectivity index (χ2v) is 6.25. The first-order valence-electron chi connectivity index (χ1n) is 8.42. The number of furan rings is 1. The van der Waals surface area contributed by atoms with Crippen LogP contribution in [0.3, 0.4) is 0 Å². The Morgan fingerprint density at radius 3 is 2.54 bits per heavy atom. The second kappa shape index (κ2) is 7.70. The number of carbonyl (C=O) groups is 2. The maximum absolute atomic E-state index is 14.3. The number of nitrogens with zero attached hydrogens (tertiary/aromatic N) is 2. The molecule has 0 radical (unpaired) electrons. The Labute approximate surface area is 151 Å². The quantitative estimate of drug-likeness (QED) is 0.604. The average molecular weight is 360 g/mol. The van der Waals surface area contributed by atoms with Gasteiger partial charge in [-0.2, -0.15) is 0 Å². The number of piperazine rings is 1. The number of ketones is 1. The molecule has 138 valence electrons. The van der Waals surface area contributed by atoms with Crippen LogP contribution in [0.1, 0.15) is 33.4 Å². The van der Waals surface area contributed by atoms with Crippen molar-refractivity contribution >= 4 is 17.4 Å². The van der Waals surface area contributed by atoms with Gasteiger partial charge in [0, 0.05) is 43.9 Å². The van der Waals surface area contributed by atoms with Crippen LogP contribution in [0, 0.1) is 5.82 Å². The van der Waals surface area contributed by atoms with E-state index in [1.165, 1.54) is 26.4 Å². The summed E-state index contributed by atoms with van der Waals surface area (Å²) in [6.45, 7) is 4.75. The number of Topliss-reactive ketones (excluding diaryl/α,β-unsaturated/α-hetero) is 1. The van der Waals surface area contributed by atoms with Crippen molar-refractivity contribution in [3.63, 3.8) is 0 Å².